The van der Waals surface area contributed by atoms with Crippen LogP contribution >= 0.6 is 11.8 Å². The van der Waals surface area contributed by atoms with Gasteiger partial charge in [0, 0.05) is 24.9 Å². The molecule has 0 atom stereocenters. The summed E-state index contributed by atoms with van der Waals surface area (Å²) in [5.41, 5.74) is 0.141. The van der Waals surface area contributed by atoms with E-state index in [2.05, 4.69) is 48.0 Å². The van der Waals surface area contributed by atoms with Crippen molar-refractivity contribution in [2.45, 2.75) is 52.0 Å². The highest BCUT2D eigenvalue weighted by Gasteiger charge is 2.17. The van der Waals surface area contributed by atoms with Crippen LogP contribution in [0.1, 0.15) is 45.4 Å². The lowest BCUT2D eigenvalue weighted by Gasteiger charge is -2.19. The third kappa shape index (κ3) is 5.53. The summed E-state index contributed by atoms with van der Waals surface area (Å²) in [6, 6.07) is 0. The normalized spacial score (nSPS) is 17.8. The molecule has 1 aliphatic rings. The summed E-state index contributed by atoms with van der Waals surface area (Å²) < 4.78 is 5.73. The first-order chi connectivity index (χ1) is 9.03. The molecule has 0 bridgehead atoms. The molecular weight excluding hydrogens is 258 g/mol. The first kappa shape index (κ1) is 14.9. The molecule has 19 heavy (non-hydrogen) atoms. The fourth-order valence-corrected chi connectivity index (χ4v) is 3.42. The van der Waals surface area contributed by atoms with E-state index in [0.29, 0.717) is 0 Å². The van der Waals surface area contributed by atoms with E-state index >= 15 is 0 Å². The van der Waals surface area contributed by atoms with Gasteiger partial charge in [0.25, 0.3) is 0 Å². The lowest BCUT2D eigenvalue weighted by molar-refractivity contribution is 0.378. The Labute approximate surface area is 120 Å². The molecule has 1 N–H and O–H groups in total. The van der Waals surface area contributed by atoms with Crippen LogP contribution in [0.15, 0.2) is 4.42 Å². The van der Waals surface area contributed by atoms with Gasteiger partial charge in [-0.05, 0) is 51.0 Å². The van der Waals surface area contributed by atoms with Crippen LogP contribution in [0.5, 0.6) is 0 Å². The summed E-state index contributed by atoms with van der Waals surface area (Å²) in [7, 11) is 0. The highest BCUT2D eigenvalue weighted by atomic mass is 32.2. The summed E-state index contributed by atoms with van der Waals surface area (Å²) >= 11 is 2.05. The van der Waals surface area contributed by atoms with Crippen molar-refractivity contribution in [2.75, 3.05) is 18.1 Å². The Kier molecular flexibility index (Phi) is 5.28. The molecule has 0 aliphatic carbocycles. The van der Waals surface area contributed by atoms with Crippen molar-refractivity contribution in [1.29, 1.82) is 0 Å². The van der Waals surface area contributed by atoms with Gasteiger partial charge in [-0.3, -0.25) is 0 Å². The molecule has 108 valence electrons. The fourth-order valence-electron chi connectivity index (χ4n) is 2.21. The molecule has 0 amide bonds. The highest BCUT2D eigenvalue weighted by Crippen LogP contribution is 2.25. The van der Waals surface area contributed by atoms with E-state index in [1.54, 1.807) is 0 Å². The maximum absolute atomic E-state index is 5.73. The number of thioether (sulfide) groups is 1. The first-order valence-electron chi connectivity index (χ1n) is 7.17. The predicted octanol–water partition coefficient (Wildman–Crippen LogP) is 2.69. The monoisotopic (exact) mass is 283 g/mol. The highest BCUT2D eigenvalue weighted by molar-refractivity contribution is 7.99. The number of nitrogens with zero attached hydrogens (tertiary/aromatic N) is 2. The summed E-state index contributed by atoms with van der Waals surface area (Å²) in [5.74, 6) is 4.88. The lowest BCUT2D eigenvalue weighted by Crippen LogP contribution is -2.37. The SMILES string of the molecule is CC(C)(C)NCCc1nnc(CC2CCSCC2)o1. The third-order valence-electron chi connectivity index (χ3n) is 3.31. The van der Waals surface area contributed by atoms with Crippen LogP contribution in [0.2, 0.25) is 0 Å². The molecule has 4 nitrogen and oxygen atoms in total. The zero-order valence-corrected chi connectivity index (χ0v) is 13.1. The van der Waals surface area contributed by atoms with Crippen molar-refractivity contribution in [1.82, 2.24) is 15.5 Å². The van der Waals surface area contributed by atoms with E-state index in [-0.39, 0.29) is 5.54 Å². The van der Waals surface area contributed by atoms with Crippen LogP contribution in [0.3, 0.4) is 0 Å². The van der Waals surface area contributed by atoms with E-state index in [4.69, 9.17) is 4.42 Å². The molecule has 5 heteroatoms. The smallest absolute Gasteiger partial charge is 0.217 e. The molecule has 0 aromatic carbocycles. The molecule has 1 aliphatic heterocycles. The van der Waals surface area contributed by atoms with Gasteiger partial charge in [0.05, 0.1) is 0 Å². The number of rotatable bonds is 5. The fraction of sp³-hybridized carbons (Fsp3) is 0.857. The predicted molar refractivity (Wildman–Crippen MR) is 79.5 cm³/mol. The maximum Gasteiger partial charge on any atom is 0.217 e. The Morgan fingerprint density at radius 1 is 1.21 bits per heavy atom. The molecular formula is C14H25N3OS. The van der Waals surface area contributed by atoms with Crippen molar-refractivity contribution < 1.29 is 4.42 Å². The maximum atomic E-state index is 5.73. The van der Waals surface area contributed by atoms with Gasteiger partial charge in [-0.25, -0.2) is 0 Å². The molecule has 1 aromatic heterocycles. The second kappa shape index (κ2) is 6.75. The Morgan fingerprint density at radius 2 is 1.89 bits per heavy atom. The topological polar surface area (TPSA) is 51.0 Å². The van der Waals surface area contributed by atoms with Crippen molar-refractivity contribution in [3.63, 3.8) is 0 Å². The standard InChI is InChI=1S/C14H25N3OS/c1-14(2,3)15-7-4-12-16-17-13(18-12)10-11-5-8-19-9-6-11/h11,15H,4-10H2,1-3H3. The molecule has 1 fully saturated rings. The van der Waals surface area contributed by atoms with Gasteiger partial charge in [0.2, 0.25) is 11.8 Å². The third-order valence-corrected chi connectivity index (χ3v) is 4.36. The zero-order valence-electron chi connectivity index (χ0n) is 12.2. The van der Waals surface area contributed by atoms with E-state index < -0.39 is 0 Å². The lowest BCUT2D eigenvalue weighted by atomic mass is 9.99. The minimum Gasteiger partial charge on any atom is -0.425 e. The molecule has 2 rings (SSSR count). The molecule has 0 radical (unpaired) electrons. The Hall–Kier alpha value is -0.550. The number of aromatic nitrogens is 2. The summed E-state index contributed by atoms with van der Waals surface area (Å²) in [6.07, 6.45) is 4.34. The quantitative estimate of drug-likeness (QED) is 0.900. The zero-order chi connectivity index (χ0) is 13.7. The Bertz CT molecular complexity index is 380. The largest absolute Gasteiger partial charge is 0.425 e. The van der Waals surface area contributed by atoms with Crippen molar-refractivity contribution in [2.24, 2.45) is 5.92 Å². The molecule has 2 heterocycles. The first-order valence-corrected chi connectivity index (χ1v) is 8.32. The number of hydrogen-bond acceptors (Lipinski definition) is 5. The van der Waals surface area contributed by atoms with Crippen molar-refractivity contribution in [3.05, 3.63) is 11.8 Å². The van der Waals surface area contributed by atoms with Crippen molar-refractivity contribution in [3.8, 4) is 0 Å². The Morgan fingerprint density at radius 3 is 2.58 bits per heavy atom. The average molecular weight is 283 g/mol. The van der Waals surface area contributed by atoms with Crippen LogP contribution in [0, 0.1) is 5.92 Å². The Balaban J connectivity index is 1.75. The van der Waals surface area contributed by atoms with E-state index in [0.717, 1.165) is 37.1 Å². The summed E-state index contributed by atoms with van der Waals surface area (Å²) in [5, 5.41) is 11.7. The minimum atomic E-state index is 0.141. The van der Waals surface area contributed by atoms with Crippen LogP contribution < -0.4 is 5.32 Å². The summed E-state index contributed by atoms with van der Waals surface area (Å²) in [4.78, 5) is 0. The van der Waals surface area contributed by atoms with Crippen molar-refractivity contribution >= 4 is 11.8 Å². The van der Waals surface area contributed by atoms with E-state index in [1.807, 2.05) is 0 Å². The molecule has 0 unspecified atom stereocenters. The molecule has 1 aromatic rings. The van der Waals surface area contributed by atoms with Crippen LogP contribution in [0.25, 0.3) is 0 Å². The van der Waals surface area contributed by atoms with E-state index in [1.165, 1.54) is 24.3 Å². The average Bonchev–Trinajstić information content (AvgIpc) is 2.76. The van der Waals surface area contributed by atoms with E-state index in [9.17, 15) is 0 Å². The van der Waals surface area contributed by atoms with Gasteiger partial charge in [-0.15, -0.1) is 10.2 Å². The van der Waals surface area contributed by atoms with Gasteiger partial charge in [-0.2, -0.15) is 11.8 Å². The number of nitrogens with one attached hydrogen (secondary N) is 1. The van der Waals surface area contributed by atoms with Gasteiger partial charge >= 0.3 is 0 Å². The van der Waals surface area contributed by atoms with Gasteiger partial charge < -0.3 is 9.73 Å². The van der Waals surface area contributed by atoms with Crippen LogP contribution in [-0.4, -0.2) is 33.8 Å². The van der Waals surface area contributed by atoms with Gasteiger partial charge in [0.1, 0.15) is 0 Å². The second-order valence-electron chi connectivity index (χ2n) is 6.28. The second-order valence-corrected chi connectivity index (χ2v) is 7.50. The van der Waals surface area contributed by atoms with Gasteiger partial charge in [0.15, 0.2) is 0 Å². The minimum absolute atomic E-state index is 0.141. The molecule has 0 spiro atoms. The van der Waals surface area contributed by atoms with Crippen LogP contribution in [-0.2, 0) is 12.8 Å². The van der Waals surface area contributed by atoms with Gasteiger partial charge in [-0.1, -0.05) is 0 Å². The summed E-state index contributed by atoms with van der Waals surface area (Å²) in [6.45, 7) is 7.36. The number of hydrogen-bond donors (Lipinski definition) is 1. The van der Waals surface area contributed by atoms with Crippen LogP contribution in [0.4, 0.5) is 0 Å². The molecule has 0 saturated carbocycles. The molecule has 1 saturated heterocycles.